The van der Waals surface area contributed by atoms with Crippen LogP contribution in [-0.2, 0) is 42.6 Å². The average Bonchev–Trinajstić information content (AvgIpc) is 2.86. The highest BCUT2D eigenvalue weighted by Crippen LogP contribution is 1.95. The van der Waals surface area contributed by atoms with Gasteiger partial charge in [0.2, 0.25) is 0 Å². The lowest BCUT2D eigenvalue weighted by molar-refractivity contribution is 0.0184. The van der Waals surface area contributed by atoms with E-state index in [0.29, 0.717) is 92.5 Å². The lowest BCUT2D eigenvalue weighted by Gasteiger charge is -2.24. The molecular formula is C24H52N2O9. The third-order valence-electron chi connectivity index (χ3n) is 5.04. The molecule has 0 aromatic heterocycles. The van der Waals surface area contributed by atoms with Crippen LogP contribution in [0.1, 0.15) is 0 Å². The van der Waals surface area contributed by atoms with Crippen LogP contribution >= 0.6 is 0 Å². The van der Waals surface area contributed by atoms with Crippen molar-refractivity contribution >= 4 is 0 Å². The summed E-state index contributed by atoms with van der Waals surface area (Å²) >= 11 is 0. The zero-order valence-electron chi connectivity index (χ0n) is 22.7. The zero-order chi connectivity index (χ0) is 25.7. The summed E-state index contributed by atoms with van der Waals surface area (Å²) in [6.07, 6.45) is 0. The molecule has 11 heteroatoms. The van der Waals surface area contributed by atoms with Gasteiger partial charge in [-0.15, -0.1) is 0 Å². The molecule has 0 atom stereocenters. The van der Waals surface area contributed by atoms with Crippen molar-refractivity contribution in [1.82, 2.24) is 9.80 Å². The van der Waals surface area contributed by atoms with Crippen molar-refractivity contribution in [2.24, 2.45) is 0 Å². The summed E-state index contributed by atoms with van der Waals surface area (Å²) in [7, 11) is 6.70. The van der Waals surface area contributed by atoms with Crippen LogP contribution in [0, 0.1) is 0 Å². The minimum Gasteiger partial charge on any atom is -0.382 e. The molecule has 11 nitrogen and oxygen atoms in total. The normalized spacial score (nSPS) is 11.8. The van der Waals surface area contributed by atoms with E-state index in [0.717, 1.165) is 39.3 Å². The van der Waals surface area contributed by atoms with E-state index in [-0.39, 0.29) is 0 Å². The van der Waals surface area contributed by atoms with Crippen LogP contribution in [0.15, 0.2) is 0 Å². The highest BCUT2D eigenvalue weighted by atomic mass is 16.5. The second-order valence-electron chi connectivity index (χ2n) is 7.72. The van der Waals surface area contributed by atoms with E-state index in [2.05, 4.69) is 9.80 Å². The number of rotatable bonds is 30. The molecule has 0 amide bonds. The standard InChI is InChI=1S/C24H52N2O9/c1-27-17-21-32-13-7-25(8-14-33-22-18-28-2)5-11-31-12-6-26(9-15-34-23-19-29-3)10-16-35-24-20-30-4/h5-24H2,1-4H3. The van der Waals surface area contributed by atoms with Crippen molar-refractivity contribution in [3.63, 3.8) is 0 Å². The van der Waals surface area contributed by atoms with Gasteiger partial charge in [-0.05, 0) is 0 Å². The van der Waals surface area contributed by atoms with Crippen molar-refractivity contribution in [3.05, 3.63) is 0 Å². The van der Waals surface area contributed by atoms with Gasteiger partial charge >= 0.3 is 0 Å². The number of hydrogen-bond donors (Lipinski definition) is 0. The molecule has 0 rings (SSSR count). The molecule has 0 aromatic rings. The van der Waals surface area contributed by atoms with Crippen LogP contribution in [0.3, 0.4) is 0 Å². The third kappa shape index (κ3) is 26.4. The molecular weight excluding hydrogens is 460 g/mol. The Bertz CT molecular complexity index is 336. The summed E-state index contributed by atoms with van der Waals surface area (Å²) in [4.78, 5) is 4.59. The number of hydrogen-bond acceptors (Lipinski definition) is 11. The molecule has 0 heterocycles. The van der Waals surface area contributed by atoms with Gasteiger partial charge in [-0.2, -0.15) is 0 Å². The van der Waals surface area contributed by atoms with Crippen molar-refractivity contribution in [2.75, 3.05) is 160 Å². The molecule has 0 saturated carbocycles. The monoisotopic (exact) mass is 512 g/mol. The molecule has 0 spiro atoms. The summed E-state index contributed by atoms with van der Waals surface area (Å²) in [5, 5.41) is 0. The van der Waals surface area contributed by atoms with Crippen LogP contribution in [-0.4, -0.2) is 170 Å². The molecule has 0 bridgehead atoms. The maximum Gasteiger partial charge on any atom is 0.0700 e. The van der Waals surface area contributed by atoms with Crippen molar-refractivity contribution in [3.8, 4) is 0 Å². The Kier molecular flexibility index (Phi) is 29.4. The minimum atomic E-state index is 0.603. The van der Waals surface area contributed by atoms with E-state index < -0.39 is 0 Å². The lowest BCUT2D eigenvalue weighted by atomic mass is 10.4. The Labute approximate surface area is 213 Å². The quantitative estimate of drug-likeness (QED) is 0.124. The first kappa shape index (κ1) is 34.6. The zero-order valence-corrected chi connectivity index (χ0v) is 22.7. The van der Waals surface area contributed by atoms with E-state index in [1.165, 1.54) is 0 Å². The van der Waals surface area contributed by atoms with Gasteiger partial charge in [0.15, 0.2) is 0 Å². The highest BCUT2D eigenvalue weighted by Gasteiger charge is 2.08. The third-order valence-corrected chi connectivity index (χ3v) is 5.04. The summed E-state index contributed by atoms with van der Waals surface area (Å²) in [6, 6.07) is 0. The fourth-order valence-electron chi connectivity index (χ4n) is 2.91. The molecule has 0 fully saturated rings. The van der Waals surface area contributed by atoms with Gasteiger partial charge in [0, 0.05) is 67.7 Å². The lowest BCUT2D eigenvalue weighted by Crippen LogP contribution is -2.36. The molecule has 0 saturated heterocycles. The molecule has 0 aliphatic carbocycles. The van der Waals surface area contributed by atoms with Gasteiger partial charge < -0.3 is 42.6 Å². The predicted molar refractivity (Wildman–Crippen MR) is 134 cm³/mol. The molecule has 0 N–H and O–H groups in total. The van der Waals surface area contributed by atoms with Crippen LogP contribution in [0.5, 0.6) is 0 Å². The van der Waals surface area contributed by atoms with E-state index >= 15 is 0 Å². The minimum absolute atomic E-state index is 0.603. The molecule has 35 heavy (non-hydrogen) atoms. The molecule has 0 aliphatic rings. The topological polar surface area (TPSA) is 89.6 Å². The van der Waals surface area contributed by atoms with E-state index in [1.807, 2.05) is 0 Å². The Morgan fingerprint density at radius 3 is 0.686 bits per heavy atom. The van der Waals surface area contributed by atoms with E-state index in [4.69, 9.17) is 42.6 Å². The second-order valence-corrected chi connectivity index (χ2v) is 7.72. The van der Waals surface area contributed by atoms with E-state index in [1.54, 1.807) is 28.4 Å². The first-order chi connectivity index (χ1) is 17.3. The highest BCUT2D eigenvalue weighted by molar-refractivity contribution is 4.60. The summed E-state index contributed by atoms with van der Waals surface area (Å²) in [5.41, 5.74) is 0. The Hall–Kier alpha value is -0.440. The first-order valence-electron chi connectivity index (χ1n) is 12.6. The van der Waals surface area contributed by atoms with Crippen LogP contribution in [0.2, 0.25) is 0 Å². The Morgan fingerprint density at radius 1 is 0.286 bits per heavy atom. The predicted octanol–water partition coefficient (Wildman–Crippen LogP) is 0.259. The average molecular weight is 513 g/mol. The largest absolute Gasteiger partial charge is 0.382 e. The van der Waals surface area contributed by atoms with Crippen molar-refractivity contribution in [1.29, 1.82) is 0 Å². The summed E-state index contributed by atoms with van der Waals surface area (Å²) < 4.78 is 48.5. The maximum absolute atomic E-state index is 5.95. The molecule has 212 valence electrons. The van der Waals surface area contributed by atoms with Gasteiger partial charge in [0.1, 0.15) is 0 Å². The van der Waals surface area contributed by atoms with Crippen molar-refractivity contribution in [2.45, 2.75) is 0 Å². The van der Waals surface area contributed by atoms with Crippen LogP contribution in [0.25, 0.3) is 0 Å². The molecule has 0 aromatic carbocycles. The first-order valence-corrected chi connectivity index (χ1v) is 12.6. The Balaban J connectivity index is 4.21. The smallest absolute Gasteiger partial charge is 0.0700 e. The van der Waals surface area contributed by atoms with Crippen LogP contribution < -0.4 is 0 Å². The van der Waals surface area contributed by atoms with Crippen molar-refractivity contribution < 1.29 is 42.6 Å². The van der Waals surface area contributed by atoms with Gasteiger partial charge in [-0.3, -0.25) is 9.80 Å². The number of ether oxygens (including phenoxy) is 9. The molecule has 0 aliphatic heterocycles. The SMILES string of the molecule is COCCOCCN(CCOCCOC)CCOCCN(CCOCCOC)CCOCCOC. The summed E-state index contributed by atoms with van der Waals surface area (Å²) in [6.45, 7) is 13.7. The molecule has 0 unspecified atom stereocenters. The molecule has 0 radical (unpaired) electrons. The van der Waals surface area contributed by atoms with Gasteiger partial charge in [-0.25, -0.2) is 0 Å². The fourth-order valence-corrected chi connectivity index (χ4v) is 2.91. The van der Waals surface area contributed by atoms with Gasteiger partial charge in [0.05, 0.1) is 92.5 Å². The summed E-state index contributed by atoms with van der Waals surface area (Å²) in [5.74, 6) is 0. The Morgan fingerprint density at radius 2 is 0.486 bits per heavy atom. The van der Waals surface area contributed by atoms with Gasteiger partial charge in [-0.1, -0.05) is 0 Å². The van der Waals surface area contributed by atoms with Gasteiger partial charge in [0.25, 0.3) is 0 Å². The fraction of sp³-hybridized carbons (Fsp3) is 1.00. The number of methoxy groups -OCH3 is 4. The van der Waals surface area contributed by atoms with E-state index in [9.17, 15) is 0 Å². The number of nitrogens with zero attached hydrogens (tertiary/aromatic N) is 2. The van der Waals surface area contributed by atoms with Crippen LogP contribution in [0.4, 0.5) is 0 Å². The second kappa shape index (κ2) is 29.8. The maximum atomic E-state index is 5.95.